The van der Waals surface area contributed by atoms with Crippen molar-refractivity contribution in [2.45, 2.75) is 51.7 Å². The van der Waals surface area contributed by atoms with Gasteiger partial charge in [0.1, 0.15) is 5.75 Å². The van der Waals surface area contributed by atoms with Crippen LogP contribution in [0, 0.1) is 13.8 Å². The zero-order chi connectivity index (χ0) is 14.5. The molecular formula is C16H23NO3. The number of ether oxygens (including phenoxy) is 1. The van der Waals surface area contributed by atoms with Crippen molar-refractivity contribution in [3.63, 3.8) is 0 Å². The first-order chi connectivity index (χ1) is 9.56. The predicted octanol–water partition coefficient (Wildman–Crippen LogP) is 2.10. The molecule has 0 saturated heterocycles. The number of hydrogen-bond donors (Lipinski definition) is 2. The number of aryl methyl sites for hydroxylation is 2. The van der Waals surface area contributed by atoms with Gasteiger partial charge in [0, 0.05) is 0 Å². The van der Waals surface area contributed by atoms with Crippen LogP contribution in [0.3, 0.4) is 0 Å². The Bertz CT molecular complexity index is 473. The Hall–Kier alpha value is -1.55. The maximum atomic E-state index is 11.9. The van der Waals surface area contributed by atoms with Crippen LogP contribution in [0.25, 0.3) is 0 Å². The highest BCUT2D eigenvalue weighted by Crippen LogP contribution is 2.19. The second-order valence-corrected chi connectivity index (χ2v) is 5.58. The van der Waals surface area contributed by atoms with Crippen molar-refractivity contribution in [1.29, 1.82) is 0 Å². The van der Waals surface area contributed by atoms with Crippen molar-refractivity contribution < 1.29 is 14.6 Å². The Labute approximate surface area is 120 Å². The standard InChI is InChI=1S/C16H23NO3/c1-11-7-8-15(12(2)9-11)20-10-16(19)17-13-5-3-4-6-14(13)18/h7-9,13-14,18H,3-6,10H2,1-2H3,(H,17,19). The summed E-state index contributed by atoms with van der Waals surface area (Å²) in [6, 6.07) is 5.75. The Morgan fingerprint density at radius 1 is 1.35 bits per heavy atom. The molecule has 1 aromatic carbocycles. The molecule has 1 fully saturated rings. The average molecular weight is 277 g/mol. The second-order valence-electron chi connectivity index (χ2n) is 5.58. The van der Waals surface area contributed by atoms with Gasteiger partial charge in [-0.25, -0.2) is 0 Å². The minimum atomic E-state index is -0.422. The molecule has 4 heteroatoms. The molecule has 0 radical (unpaired) electrons. The topological polar surface area (TPSA) is 58.6 Å². The highest BCUT2D eigenvalue weighted by atomic mass is 16.5. The number of rotatable bonds is 4. The van der Waals surface area contributed by atoms with E-state index >= 15 is 0 Å². The van der Waals surface area contributed by atoms with E-state index in [0.717, 1.165) is 37.0 Å². The highest BCUT2D eigenvalue weighted by molar-refractivity contribution is 5.78. The molecule has 1 aromatic rings. The van der Waals surface area contributed by atoms with Crippen LogP contribution >= 0.6 is 0 Å². The lowest BCUT2D eigenvalue weighted by molar-refractivity contribution is -0.125. The molecule has 1 aliphatic rings. The predicted molar refractivity (Wildman–Crippen MR) is 77.8 cm³/mol. The summed E-state index contributed by atoms with van der Waals surface area (Å²) in [4.78, 5) is 11.9. The summed E-state index contributed by atoms with van der Waals surface area (Å²) in [6.07, 6.45) is 3.28. The van der Waals surface area contributed by atoms with Gasteiger partial charge in [-0.2, -0.15) is 0 Å². The van der Waals surface area contributed by atoms with E-state index in [4.69, 9.17) is 4.74 Å². The molecule has 0 aromatic heterocycles. The molecule has 1 amide bonds. The van der Waals surface area contributed by atoms with Crippen LogP contribution in [0.5, 0.6) is 5.75 Å². The SMILES string of the molecule is Cc1ccc(OCC(=O)NC2CCCCC2O)c(C)c1. The van der Waals surface area contributed by atoms with Crippen molar-refractivity contribution in [2.24, 2.45) is 0 Å². The van der Waals surface area contributed by atoms with Crippen LogP contribution in [-0.2, 0) is 4.79 Å². The molecule has 0 aliphatic heterocycles. The first kappa shape index (κ1) is 14.9. The van der Waals surface area contributed by atoms with Gasteiger partial charge in [0.25, 0.3) is 5.91 Å². The zero-order valence-corrected chi connectivity index (χ0v) is 12.2. The number of carbonyl (C=O) groups is 1. The van der Waals surface area contributed by atoms with E-state index in [2.05, 4.69) is 5.32 Å². The van der Waals surface area contributed by atoms with E-state index in [-0.39, 0.29) is 18.6 Å². The van der Waals surface area contributed by atoms with Crippen LogP contribution in [0.4, 0.5) is 0 Å². The number of benzene rings is 1. The van der Waals surface area contributed by atoms with E-state index in [1.807, 2.05) is 32.0 Å². The lowest BCUT2D eigenvalue weighted by atomic mass is 9.92. The quantitative estimate of drug-likeness (QED) is 0.886. The van der Waals surface area contributed by atoms with Gasteiger partial charge in [0.05, 0.1) is 12.1 Å². The fourth-order valence-corrected chi connectivity index (χ4v) is 2.63. The highest BCUT2D eigenvalue weighted by Gasteiger charge is 2.24. The van der Waals surface area contributed by atoms with Gasteiger partial charge < -0.3 is 15.2 Å². The minimum Gasteiger partial charge on any atom is -0.484 e. The number of aliphatic hydroxyl groups excluding tert-OH is 1. The summed E-state index contributed by atoms with van der Waals surface area (Å²) in [5, 5.41) is 12.7. The lowest BCUT2D eigenvalue weighted by Gasteiger charge is -2.28. The van der Waals surface area contributed by atoms with Crippen molar-refractivity contribution >= 4 is 5.91 Å². The molecule has 2 N–H and O–H groups in total. The van der Waals surface area contributed by atoms with Crippen LogP contribution in [0.15, 0.2) is 18.2 Å². The van der Waals surface area contributed by atoms with Crippen LogP contribution in [0.2, 0.25) is 0 Å². The van der Waals surface area contributed by atoms with E-state index in [9.17, 15) is 9.90 Å². The molecule has 2 unspecified atom stereocenters. The third-order valence-electron chi connectivity index (χ3n) is 3.77. The largest absolute Gasteiger partial charge is 0.484 e. The van der Waals surface area contributed by atoms with Crippen LogP contribution < -0.4 is 10.1 Å². The Balaban J connectivity index is 1.82. The summed E-state index contributed by atoms with van der Waals surface area (Å²) in [5.74, 6) is 0.561. The normalized spacial score (nSPS) is 22.4. The number of carbonyl (C=O) groups excluding carboxylic acids is 1. The maximum absolute atomic E-state index is 11.9. The van der Waals surface area contributed by atoms with Crippen molar-refractivity contribution in [2.75, 3.05) is 6.61 Å². The summed E-state index contributed by atoms with van der Waals surface area (Å²) in [6.45, 7) is 3.98. The van der Waals surface area contributed by atoms with E-state index in [0.29, 0.717) is 0 Å². The molecule has 4 nitrogen and oxygen atoms in total. The molecule has 0 heterocycles. The van der Waals surface area contributed by atoms with Crippen molar-refractivity contribution in [3.8, 4) is 5.75 Å². The fourth-order valence-electron chi connectivity index (χ4n) is 2.63. The third kappa shape index (κ3) is 3.97. The smallest absolute Gasteiger partial charge is 0.258 e. The molecule has 0 bridgehead atoms. The average Bonchev–Trinajstić information content (AvgIpc) is 2.40. The first-order valence-electron chi connectivity index (χ1n) is 7.24. The van der Waals surface area contributed by atoms with E-state index in [1.165, 1.54) is 5.56 Å². The second kappa shape index (κ2) is 6.75. The van der Waals surface area contributed by atoms with Crippen molar-refractivity contribution in [1.82, 2.24) is 5.32 Å². The number of amides is 1. The van der Waals surface area contributed by atoms with Crippen LogP contribution in [-0.4, -0.2) is 29.8 Å². The molecule has 0 spiro atoms. The minimum absolute atomic E-state index is 0.00682. The molecule has 2 atom stereocenters. The lowest BCUT2D eigenvalue weighted by Crippen LogP contribution is -2.46. The Kier molecular flexibility index (Phi) is 5.01. The number of hydrogen-bond acceptors (Lipinski definition) is 3. The van der Waals surface area contributed by atoms with Gasteiger partial charge in [-0.15, -0.1) is 0 Å². The van der Waals surface area contributed by atoms with E-state index in [1.54, 1.807) is 0 Å². The molecule has 2 rings (SSSR count). The molecule has 1 saturated carbocycles. The zero-order valence-electron chi connectivity index (χ0n) is 12.2. The van der Waals surface area contributed by atoms with E-state index < -0.39 is 6.10 Å². The van der Waals surface area contributed by atoms with Gasteiger partial charge in [-0.1, -0.05) is 30.5 Å². The van der Waals surface area contributed by atoms with Gasteiger partial charge in [-0.05, 0) is 38.3 Å². The van der Waals surface area contributed by atoms with Crippen molar-refractivity contribution in [3.05, 3.63) is 29.3 Å². The third-order valence-corrected chi connectivity index (χ3v) is 3.77. The Morgan fingerprint density at radius 2 is 2.10 bits per heavy atom. The fraction of sp³-hybridized carbons (Fsp3) is 0.562. The summed E-state index contributed by atoms with van der Waals surface area (Å²) in [7, 11) is 0. The summed E-state index contributed by atoms with van der Waals surface area (Å²) in [5.41, 5.74) is 2.19. The molecular weight excluding hydrogens is 254 g/mol. The summed E-state index contributed by atoms with van der Waals surface area (Å²) >= 11 is 0. The summed E-state index contributed by atoms with van der Waals surface area (Å²) < 4.78 is 5.54. The van der Waals surface area contributed by atoms with Gasteiger partial charge in [0.2, 0.25) is 0 Å². The van der Waals surface area contributed by atoms with Gasteiger partial charge >= 0.3 is 0 Å². The van der Waals surface area contributed by atoms with Gasteiger partial charge in [0.15, 0.2) is 6.61 Å². The number of nitrogens with one attached hydrogen (secondary N) is 1. The Morgan fingerprint density at radius 3 is 2.80 bits per heavy atom. The first-order valence-corrected chi connectivity index (χ1v) is 7.24. The van der Waals surface area contributed by atoms with Gasteiger partial charge in [-0.3, -0.25) is 4.79 Å². The molecule has 1 aliphatic carbocycles. The molecule has 110 valence electrons. The maximum Gasteiger partial charge on any atom is 0.258 e. The molecule has 20 heavy (non-hydrogen) atoms. The number of aliphatic hydroxyl groups is 1. The monoisotopic (exact) mass is 277 g/mol. The van der Waals surface area contributed by atoms with Crippen LogP contribution in [0.1, 0.15) is 36.8 Å².